The zero-order valence-electron chi connectivity index (χ0n) is 16.8. The molecule has 3 aromatic rings. The largest absolute Gasteiger partial charge is 0.391 e. The van der Waals surface area contributed by atoms with E-state index in [1.54, 1.807) is 6.08 Å². The van der Waals surface area contributed by atoms with Crippen molar-refractivity contribution in [1.29, 1.82) is 0 Å². The van der Waals surface area contributed by atoms with E-state index in [4.69, 9.17) is 10.1 Å². The van der Waals surface area contributed by atoms with Gasteiger partial charge in [-0.05, 0) is 50.5 Å². The second kappa shape index (κ2) is 8.73. The molecule has 1 N–H and O–H groups in total. The van der Waals surface area contributed by atoms with Crippen molar-refractivity contribution in [3.63, 3.8) is 0 Å². The lowest BCUT2D eigenvalue weighted by molar-refractivity contribution is 0.542. The molecule has 2 aromatic heterocycles. The van der Waals surface area contributed by atoms with Crippen molar-refractivity contribution in [3.8, 4) is 11.3 Å². The summed E-state index contributed by atoms with van der Waals surface area (Å²) in [6, 6.07) is 12.3. The predicted octanol–water partition coefficient (Wildman–Crippen LogP) is 4.56. The predicted molar refractivity (Wildman–Crippen MR) is 118 cm³/mol. The Bertz CT molecular complexity index is 1050. The molecule has 0 bridgehead atoms. The molecular formula is C23H26N6. The van der Waals surface area contributed by atoms with Gasteiger partial charge in [0.2, 0.25) is 0 Å². The number of hydrogen-bond donors (Lipinski definition) is 1. The summed E-state index contributed by atoms with van der Waals surface area (Å²) in [5.41, 5.74) is 4.06. The quantitative estimate of drug-likeness (QED) is 0.702. The van der Waals surface area contributed by atoms with E-state index < -0.39 is 0 Å². The van der Waals surface area contributed by atoms with Crippen molar-refractivity contribution in [2.75, 3.05) is 6.54 Å². The van der Waals surface area contributed by atoms with Crippen molar-refractivity contribution < 1.29 is 0 Å². The summed E-state index contributed by atoms with van der Waals surface area (Å²) in [6.07, 6.45) is 11.0. The number of nitrogens with one attached hydrogen (secondary N) is 1. The minimum atomic E-state index is 0.730. The molecule has 148 valence electrons. The van der Waals surface area contributed by atoms with Gasteiger partial charge in [0, 0.05) is 37.1 Å². The van der Waals surface area contributed by atoms with Crippen LogP contribution in [0.2, 0.25) is 0 Å². The summed E-state index contributed by atoms with van der Waals surface area (Å²) in [4.78, 5) is 4.88. The van der Waals surface area contributed by atoms with Crippen LogP contribution in [-0.2, 0) is 6.54 Å². The van der Waals surface area contributed by atoms with Crippen LogP contribution in [0, 0.1) is 6.92 Å². The third kappa shape index (κ3) is 4.54. The molecule has 6 heteroatoms. The maximum absolute atomic E-state index is 4.88. The molecular weight excluding hydrogens is 360 g/mol. The minimum Gasteiger partial charge on any atom is -0.391 e. The van der Waals surface area contributed by atoms with Gasteiger partial charge in [-0.15, -0.1) is 0 Å². The first-order chi connectivity index (χ1) is 14.2. The SMILES string of the molecule is C=Cc1cc2n(n1)CCCCCN/C=C/C(n1ccc(-c3cccc(C)c3)n1)=N\2. The van der Waals surface area contributed by atoms with Gasteiger partial charge in [0.15, 0.2) is 11.7 Å². The molecule has 0 aliphatic carbocycles. The number of aryl methyl sites for hydroxylation is 2. The first-order valence-corrected chi connectivity index (χ1v) is 10.0. The van der Waals surface area contributed by atoms with E-state index in [0.29, 0.717) is 0 Å². The van der Waals surface area contributed by atoms with Gasteiger partial charge in [0.1, 0.15) is 0 Å². The van der Waals surface area contributed by atoms with Crippen LogP contribution in [0.15, 0.2) is 66.4 Å². The van der Waals surface area contributed by atoms with E-state index in [0.717, 1.165) is 61.0 Å². The van der Waals surface area contributed by atoms with Gasteiger partial charge in [-0.25, -0.2) is 14.4 Å². The smallest absolute Gasteiger partial charge is 0.157 e. The lowest BCUT2D eigenvalue weighted by Crippen LogP contribution is -2.14. The molecule has 0 radical (unpaired) electrons. The fraction of sp³-hybridized carbons (Fsp3) is 0.261. The number of nitrogens with zero attached hydrogens (tertiary/aromatic N) is 5. The number of hydrogen-bond acceptors (Lipinski definition) is 4. The molecule has 0 amide bonds. The number of aromatic nitrogens is 4. The number of fused-ring (bicyclic) bond motifs is 1. The van der Waals surface area contributed by atoms with Crippen LogP contribution < -0.4 is 5.32 Å². The summed E-state index contributed by atoms with van der Waals surface area (Å²) < 4.78 is 3.78. The fourth-order valence-electron chi connectivity index (χ4n) is 3.35. The Morgan fingerprint density at radius 2 is 2.03 bits per heavy atom. The van der Waals surface area contributed by atoms with Gasteiger partial charge in [-0.3, -0.25) is 0 Å². The van der Waals surface area contributed by atoms with E-state index >= 15 is 0 Å². The summed E-state index contributed by atoms with van der Waals surface area (Å²) in [7, 11) is 0. The number of benzene rings is 1. The maximum atomic E-state index is 4.88. The standard InChI is InChI=1S/C23H26N6/c1-3-20-17-23-25-22(10-13-24-12-5-4-6-14-28(23)26-20)29-15-11-21(27-29)19-9-7-8-18(2)16-19/h3,7-11,13,15-17,24H,1,4-6,12,14H2,2H3/b13-10+,25-22+. The summed E-state index contributed by atoms with van der Waals surface area (Å²) >= 11 is 0. The van der Waals surface area contributed by atoms with Crippen LogP contribution in [0.3, 0.4) is 0 Å². The zero-order chi connectivity index (χ0) is 20.1. The monoisotopic (exact) mass is 386 g/mol. The average molecular weight is 387 g/mol. The number of allylic oxidation sites excluding steroid dienone is 1. The second-order valence-corrected chi connectivity index (χ2v) is 7.19. The van der Waals surface area contributed by atoms with Gasteiger partial charge < -0.3 is 5.32 Å². The van der Waals surface area contributed by atoms with E-state index in [1.165, 1.54) is 5.56 Å². The normalized spacial score (nSPS) is 17.8. The Morgan fingerprint density at radius 1 is 1.10 bits per heavy atom. The van der Waals surface area contributed by atoms with Crippen molar-refractivity contribution in [2.45, 2.75) is 32.7 Å². The molecule has 6 nitrogen and oxygen atoms in total. The first kappa shape index (κ1) is 18.9. The van der Waals surface area contributed by atoms with Crippen molar-refractivity contribution >= 4 is 17.7 Å². The molecule has 0 spiro atoms. The first-order valence-electron chi connectivity index (χ1n) is 10.0. The highest BCUT2D eigenvalue weighted by molar-refractivity contribution is 5.96. The Balaban J connectivity index is 1.73. The highest BCUT2D eigenvalue weighted by Crippen LogP contribution is 2.20. The third-order valence-electron chi connectivity index (χ3n) is 4.89. The molecule has 0 unspecified atom stereocenters. The molecule has 0 atom stereocenters. The Kier molecular flexibility index (Phi) is 5.70. The summed E-state index contributed by atoms with van der Waals surface area (Å²) in [5, 5.41) is 12.7. The highest BCUT2D eigenvalue weighted by Gasteiger charge is 2.10. The highest BCUT2D eigenvalue weighted by atomic mass is 15.4. The molecule has 1 aliphatic rings. The van der Waals surface area contributed by atoms with Crippen LogP contribution in [0.5, 0.6) is 0 Å². The Hall–Kier alpha value is -3.41. The molecule has 0 saturated heterocycles. The van der Waals surface area contributed by atoms with E-state index in [-0.39, 0.29) is 0 Å². The van der Waals surface area contributed by atoms with Gasteiger partial charge in [0.05, 0.1) is 11.4 Å². The van der Waals surface area contributed by atoms with Gasteiger partial charge >= 0.3 is 0 Å². The summed E-state index contributed by atoms with van der Waals surface area (Å²) in [5.74, 6) is 1.54. The van der Waals surface area contributed by atoms with Crippen molar-refractivity contribution in [1.82, 2.24) is 24.9 Å². The fourth-order valence-corrected chi connectivity index (χ4v) is 3.35. The molecule has 0 fully saturated rings. The van der Waals surface area contributed by atoms with Gasteiger partial charge in [-0.1, -0.05) is 30.3 Å². The van der Waals surface area contributed by atoms with Gasteiger partial charge in [0.25, 0.3) is 0 Å². The molecule has 1 aromatic carbocycles. The average Bonchev–Trinajstić information content (AvgIpc) is 3.35. The topological polar surface area (TPSA) is 60.0 Å². The molecule has 1 aliphatic heterocycles. The van der Waals surface area contributed by atoms with E-state index in [1.807, 2.05) is 40.0 Å². The maximum Gasteiger partial charge on any atom is 0.157 e. The van der Waals surface area contributed by atoms with Crippen LogP contribution in [0.25, 0.3) is 17.3 Å². The van der Waals surface area contributed by atoms with Gasteiger partial charge in [-0.2, -0.15) is 10.2 Å². The zero-order valence-corrected chi connectivity index (χ0v) is 16.8. The lowest BCUT2D eigenvalue weighted by Gasteiger charge is -2.08. The molecule has 4 rings (SSSR count). The molecule has 3 heterocycles. The Morgan fingerprint density at radius 3 is 2.90 bits per heavy atom. The van der Waals surface area contributed by atoms with Crippen LogP contribution >= 0.6 is 0 Å². The second-order valence-electron chi connectivity index (χ2n) is 7.19. The minimum absolute atomic E-state index is 0.730. The van der Waals surface area contributed by atoms with Crippen LogP contribution in [0.1, 0.15) is 30.5 Å². The van der Waals surface area contributed by atoms with E-state index in [9.17, 15) is 0 Å². The third-order valence-corrected chi connectivity index (χ3v) is 4.89. The van der Waals surface area contributed by atoms with Crippen LogP contribution in [0.4, 0.5) is 5.82 Å². The number of aliphatic imine (C=N–C) groups is 1. The molecule has 0 saturated carbocycles. The van der Waals surface area contributed by atoms with E-state index in [2.05, 4.69) is 48.2 Å². The Labute approximate surface area is 171 Å². The van der Waals surface area contributed by atoms with Crippen LogP contribution in [-0.4, -0.2) is 31.9 Å². The molecule has 29 heavy (non-hydrogen) atoms. The lowest BCUT2D eigenvalue weighted by atomic mass is 10.1. The van der Waals surface area contributed by atoms with Crippen molar-refractivity contribution in [3.05, 3.63) is 72.7 Å². The van der Waals surface area contributed by atoms with Crippen molar-refractivity contribution in [2.24, 2.45) is 4.99 Å². The summed E-state index contributed by atoms with van der Waals surface area (Å²) in [6.45, 7) is 7.72. The number of rotatable bonds is 2.